The Labute approximate surface area is 163 Å². The van der Waals surface area contributed by atoms with Gasteiger partial charge in [-0.25, -0.2) is 4.98 Å². The summed E-state index contributed by atoms with van der Waals surface area (Å²) in [4.78, 5) is 26.0. The van der Waals surface area contributed by atoms with Gasteiger partial charge in [-0.3, -0.25) is 9.46 Å². The second-order valence-electron chi connectivity index (χ2n) is 4.89. The zero-order chi connectivity index (χ0) is 15.7. The molecule has 3 heterocycles. The molecule has 3 rings (SSSR count). The van der Waals surface area contributed by atoms with E-state index < -0.39 is 7.60 Å². The molecule has 0 aromatic carbocycles. The molecular weight excluding hydrogens is 489 g/mol. The van der Waals surface area contributed by atoms with E-state index in [1.807, 2.05) is 0 Å². The van der Waals surface area contributed by atoms with Gasteiger partial charge in [-0.1, -0.05) is 0 Å². The topological polar surface area (TPSA) is 122 Å². The average Bonchev–Trinajstić information content (AvgIpc) is 3.06. The molecule has 1 fully saturated rings. The highest BCUT2D eigenvalue weighted by atomic mass is 79.9. The van der Waals surface area contributed by atoms with Crippen molar-refractivity contribution in [1.29, 1.82) is 0 Å². The lowest BCUT2D eigenvalue weighted by atomic mass is 10.2. The molecule has 0 radical (unpaired) electrons. The molecule has 12 heteroatoms. The highest BCUT2D eigenvalue weighted by Gasteiger charge is 2.29. The fourth-order valence-electron chi connectivity index (χ4n) is 2.33. The van der Waals surface area contributed by atoms with Crippen molar-refractivity contribution < 1.29 is 23.5 Å². The van der Waals surface area contributed by atoms with Gasteiger partial charge in [-0.2, -0.15) is 0 Å². The third-order valence-corrected chi connectivity index (χ3v) is 5.21. The Morgan fingerprint density at radius 3 is 2.62 bits per heavy atom. The number of halogens is 2. The van der Waals surface area contributed by atoms with E-state index in [0.717, 1.165) is 18.0 Å². The molecule has 4 N–H and O–H groups in total. The number of anilines is 1. The molecule has 0 atom stereocenters. The van der Waals surface area contributed by atoms with Crippen molar-refractivity contribution in [2.75, 3.05) is 32.0 Å². The van der Waals surface area contributed by atoms with Gasteiger partial charge >= 0.3 is 7.60 Å². The zero-order valence-corrected chi connectivity index (χ0v) is 17.6. The fourth-order valence-corrected chi connectivity index (χ4v) is 3.88. The van der Waals surface area contributed by atoms with Crippen molar-refractivity contribution in [1.82, 2.24) is 9.88 Å². The summed E-state index contributed by atoms with van der Waals surface area (Å²) in [6.07, 6.45) is 1.25. The molecule has 2 aromatic rings. The lowest BCUT2D eigenvalue weighted by Crippen LogP contribution is -2.35. The average molecular weight is 507 g/mol. The van der Waals surface area contributed by atoms with Gasteiger partial charge in [0.1, 0.15) is 11.0 Å². The van der Waals surface area contributed by atoms with Crippen molar-refractivity contribution in [3.63, 3.8) is 0 Å². The number of thiazole rings is 1. The van der Waals surface area contributed by atoms with Crippen molar-refractivity contribution >= 4 is 63.3 Å². The predicted molar refractivity (Wildman–Crippen MR) is 103 cm³/mol. The van der Waals surface area contributed by atoms with E-state index in [-0.39, 0.29) is 45.0 Å². The molecule has 0 amide bonds. The molecule has 24 heavy (non-hydrogen) atoms. The first kappa shape index (κ1) is 21.8. The fraction of sp³-hybridized carbons (Fsp3) is 0.417. The van der Waals surface area contributed by atoms with Crippen molar-refractivity contribution in [2.45, 2.75) is 6.54 Å². The van der Waals surface area contributed by atoms with Crippen LogP contribution in [0.1, 0.15) is 4.88 Å². The van der Waals surface area contributed by atoms with Crippen molar-refractivity contribution in [2.24, 2.45) is 0 Å². The van der Waals surface area contributed by atoms with Crippen LogP contribution in [0.3, 0.4) is 0 Å². The molecule has 1 aliphatic heterocycles. The van der Waals surface area contributed by atoms with E-state index in [1.165, 1.54) is 23.7 Å². The third kappa shape index (κ3) is 4.89. The molecule has 1 aliphatic rings. The Hall–Kier alpha value is -0.260. The van der Waals surface area contributed by atoms with E-state index in [4.69, 9.17) is 14.9 Å². The van der Waals surface area contributed by atoms with Gasteiger partial charge in [-0.15, -0.1) is 45.3 Å². The minimum absolute atomic E-state index is 0. The molecule has 0 bridgehead atoms. The van der Waals surface area contributed by atoms with Gasteiger partial charge in [0.15, 0.2) is 10.9 Å². The normalized spacial score (nSPS) is 15.6. The second kappa shape index (κ2) is 8.91. The van der Waals surface area contributed by atoms with Crippen LogP contribution in [0, 0.1) is 0 Å². The van der Waals surface area contributed by atoms with Crippen LogP contribution in [-0.4, -0.2) is 46.0 Å². The number of nitrogens with zero attached hydrogens (tertiary/aromatic N) is 2. The first-order chi connectivity index (χ1) is 10.4. The van der Waals surface area contributed by atoms with Gasteiger partial charge in [-0.05, 0) is 6.07 Å². The van der Waals surface area contributed by atoms with Crippen LogP contribution in [0.5, 0.6) is 0 Å². The number of hydrogen-bond donors (Lipinski definition) is 3. The van der Waals surface area contributed by atoms with Gasteiger partial charge in [0, 0.05) is 19.6 Å². The molecular formula is C12H18Br2N3O5PS. The van der Waals surface area contributed by atoms with E-state index >= 15 is 0 Å². The van der Waals surface area contributed by atoms with Crippen LogP contribution in [0.15, 0.2) is 16.7 Å². The maximum Gasteiger partial charge on any atom is 0.360 e. The SMILES string of the molecule is Br.Br.Nc1nc(-c2occc2P(=O)(O)O)c(CN2CCOCC2)s1. The summed E-state index contributed by atoms with van der Waals surface area (Å²) in [6, 6.07) is 1.27. The van der Waals surface area contributed by atoms with Crippen LogP contribution in [0.25, 0.3) is 11.5 Å². The van der Waals surface area contributed by atoms with Crippen LogP contribution in [0.4, 0.5) is 5.13 Å². The maximum absolute atomic E-state index is 11.5. The molecule has 8 nitrogen and oxygen atoms in total. The van der Waals surface area contributed by atoms with Crippen LogP contribution >= 0.6 is 52.9 Å². The number of nitrogen functional groups attached to an aromatic ring is 1. The third-order valence-electron chi connectivity index (χ3n) is 3.36. The highest BCUT2D eigenvalue weighted by Crippen LogP contribution is 2.40. The Morgan fingerprint density at radius 1 is 1.33 bits per heavy atom. The largest absolute Gasteiger partial charge is 0.462 e. The van der Waals surface area contributed by atoms with Crippen LogP contribution in [-0.2, 0) is 15.8 Å². The smallest absolute Gasteiger partial charge is 0.360 e. The van der Waals surface area contributed by atoms with Crippen LogP contribution in [0.2, 0.25) is 0 Å². The molecule has 0 saturated carbocycles. The number of morpholine rings is 1. The number of hydrogen-bond acceptors (Lipinski definition) is 7. The summed E-state index contributed by atoms with van der Waals surface area (Å²) in [5, 5.41) is 0.173. The first-order valence-corrected chi connectivity index (χ1v) is 9.07. The van der Waals surface area contributed by atoms with Gasteiger partial charge in [0.2, 0.25) is 0 Å². The summed E-state index contributed by atoms with van der Waals surface area (Å²) in [7, 11) is -4.43. The quantitative estimate of drug-likeness (QED) is 0.536. The maximum atomic E-state index is 11.5. The molecule has 2 aromatic heterocycles. The van der Waals surface area contributed by atoms with E-state index in [1.54, 1.807) is 0 Å². The predicted octanol–water partition coefficient (Wildman–Crippen LogP) is 1.78. The van der Waals surface area contributed by atoms with Gasteiger partial charge < -0.3 is 24.7 Å². The van der Waals surface area contributed by atoms with Crippen molar-refractivity contribution in [3.05, 3.63) is 17.2 Å². The monoisotopic (exact) mass is 505 g/mol. The standard InChI is InChI=1S/C12H16N3O5PS.2BrH/c13-12-14-10(11-8(1-4-20-11)21(16,17)18)9(22-12)7-15-2-5-19-6-3-15;;/h1,4H,2-3,5-7H2,(H2,13,14)(H2,16,17,18);2*1H. The summed E-state index contributed by atoms with van der Waals surface area (Å²) in [5.74, 6) is 0.0875. The number of furan rings is 1. The molecule has 0 spiro atoms. The lowest BCUT2D eigenvalue weighted by molar-refractivity contribution is 0.0346. The van der Waals surface area contributed by atoms with E-state index in [9.17, 15) is 14.4 Å². The summed E-state index contributed by atoms with van der Waals surface area (Å²) >= 11 is 1.30. The molecule has 0 aliphatic carbocycles. The molecule has 0 unspecified atom stereocenters. The molecule has 1 saturated heterocycles. The lowest BCUT2D eigenvalue weighted by Gasteiger charge is -2.26. The first-order valence-electron chi connectivity index (χ1n) is 6.64. The van der Waals surface area contributed by atoms with Crippen molar-refractivity contribution in [3.8, 4) is 11.5 Å². The van der Waals surface area contributed by atoms with E-state index in [0.29, 0.717) is 30.6 Å². The minimum atomic E-state index is -4.43. The number of ether oxygens (including phenoxy) is 1. The Morgan fingerprint density at radius 2 is 2.00 bits per heavy atom. The minimum Gasteiger partial charge on any atom is -0.462 e. The second-order valence-corrected chi connectivity index (χ2v) is 7.58. The van der Waals surface area contributed by atoms with Gasteiger partial charge in [0.05, 0.1) is 24.4 Å². The number of aromatic nitrogens is 1. The summed E-state index contributed by atoms with van der Waals surface area (Å²) in [6.45, 7) is 3.51. The Bertz CT molecular complexity index is 713. The highest BCUT2D eigenvalue weighted by molar-refractivity contribution is 8.93. The summed E-state index contributed by atoms with van der Waals surface area (Å²) in [5.41, 5.74) is 6.18. The molecule has 136 valence electrons. The zero-order valence-electron chi connectivity index (χ0n) is 12.5. The van der Waals surface area contributed by atoms with Gasteiger partial charge in [0.25, 0.3) is 0 Å². The Kier molecular flexibility index (Phi) is 8.08. The Balaban J connectivity index is 0.00000144. The van der Waals surface area contributed by atoms with E-state index in [2.05, 4.69) is 9.88 Å². The van der Waals surface area contributed by atoms with Crippen LogP contribution < -0.4 is 11.0 Å². The number of rotatable bonds is 4. The summed E-state index contributed by atoms with van der Waals surface area (Å²) < 4.78 is 22.1. The number of nitrogens with two attached hydrogens (primary N) is 1.